The molecule has 1 fully saturated rings. The van der Waals surface area contributed by atoms with E-state index in [2.05, 4.69) is 29.3 Å². The summed E-state index contributed by atoms with van der Waals surface area (Å²) < 4.78 is 27.6. The van der Waals surface area contributed by atoms with E-state index in [-0.39, 0.29) is 18.8 Å². The van der Waals surface area contributed by atoms with E-state index < -0.39 is 0 Å². The molecule has 8 nitrogen and oxygen atoms in total. The van der Waals surface area contributed by atoms with Gasteiger partial charge in [-0.15, -0.1) is 0 Å². The minimum Gasteiger partial charge on any atom is -0.493 e. The molecule has 0 saturated carbocycles. The molecule has 1 atom stereocenters. The highest BCUT2D eigenvalue weighted by atomic mass is 16.7. The summed E-state index contributed by atoms with van der Waals surface area (Å²) in [5.41, 5.74) is 1.04. The maximum atomic E-state index is 5.61. The predicted octanol–water partition coefficient (Wildman–Crippen LogP) is 3.19. The maximum Gasteiger partial charge on any atom is 0.244 e. The Morgan fingerprint density at radius 2 is 2.04 bits per heavy atom. The quantitative estimate of drug-likeness (QED) is 0.772. The molecule has 1 N–H and O–H groups in total. The summed E-state index contributed by atoms with van der Waals surface area (Å²) in [5.74, 6) is 4.02. The van der Waals surface area contributed by atoms with Crippen molar-refractivity contribution in [2.75, 3.05) is 27.1 Å². The lowest BCUT2D eigenvalue weighted by atomic mass is 9.91. The highest BCUT2D eigenvalue weighted by molar-refractivity contribution is 5.55. The van der Waals surface area contributed by atoms with Crippen LogP contribution in [0.5, 0.6) is 17.2 Å². The summed E-state index contributed by atoms with van der Waals surface area (Å²) >= 11 is 0. The zero-order chi connectivity index (χ0) is 19.5. The zero-order valence-electron chi connectivity index (χ0n) is 16.6. The summed E-state index contributed by atoms with van der Waals surface area (Å²) in [7, 11) is 1.63. The number of hydrogen-bond donors (Lipinski definition) is 1. The standard InChI is InChI=1S/C20H27N3O5/c1-12(2)19-22-20(28-23-19)17(14-4-6-25-7-5-14)21-10-13-8-15(24-3)18-16(9-13)26-11-27-18/h8-9,12,14,17,21H,4-7,10-11H2,1-3H3. The summed E-state index contributed by atoms with van der Waals surface area (Å²) in [6.45, 7) is 6.47. The van der Waals surface area contributed by atoms with Gasteiger partial charge in [0.15, 0.2) is 17.3 Å². The van der Waals surface area contributed by atoms with Crippen LogP contribution in [0.15, 0.2) is 16.7 Å². The van der Waals surface area contributed by atoms with E-state index in [1.165, 1.54) is 0 Å². The van der Waals surface area contributed by atoms with Gasteiger partial charge < -0.3 is 28.8 Å². The Bertz CT molecular complexity index is 801. The number of rotatable bonds is 7. The minimum atomic E-state index is -0.0275. The second kappa shape index (κ2) is 8.36. The summed E-state index contributed by atoms with van der Waals surface area (Å²) in [4.78, 5) is 4.64. The van der Waals surface area contributed by atoms with Crippen molar-refractivity contribution in [1.82, 2.24) is 15.5 Å². The lowest BCUT2D eigenvalue weighted by Crippen LogP contribution is -2.32. The zero-order valence-corrected chi connectivity index (χ0v) is 16.6. The average molecular weight is 389 g/mol. The Hall–Kier alpha value is -2.32. The van der Waals surface area contributed by atoms with Crippen molar-refractivity contribution in [3.05, 3.63) is 29.4 Å². The molecule has 0 amide bonds. The number of methoxy groups -OCH3 is 1. The van der Waals surface area contributed by atoms with Gasteiger partial charge >= 0.3 is 0 Å². The SMILES string of the molecule is COc1cc(CNC(c2nc(C(C)C)no2)C2CCOCC2)cc2c1OCO2. The van der Waals surface area contributed by atoms with Gasteiger partial charge in [0.25, 0.3) is 0 Å². The van der Waals surface area contributed by atoms with Gasteiger partial charge in [-0.1, -0.05) is 19.0 Å². The summed E-state index contributed by atoms with van der Waals surface area (Å²) in [6.07, 6.45) is 1.92. The molecule has 8 heteroatoms. The second-order valence-electron chi connectivity index (χ2n) is 7.49. The van der Waals surface area contributed by atoms with E-state index in [0.29, 0.717) is 35.6 Å². The molecule has 1 saturated heterocycles. The fourth-order valence-corrected chi connectivity index (χ4v) is 3.63. The second-order valence-corrected chi connectivity index (χ2v) is 7.49. The van der Waals surface area contributed by atoms with Crippen molar-refractivity contribution in [2.45, 2.75) is 45.2 Å². The smallest absolute Gasteiger partial charge is 0.244 e. The first-order chi connectivity index (χ1) is 13.7. The number of benzene rings is 1. The fraction of sp³-hybridized carbons (Fsp3) is 0.600. The molecule has 1 aromatic heterocycles. The molecular weight excluding hydrogens is 362 g/mol. The van der Waals surface area contributed by atoms with Gasteiger partial charge in [-0.3, -0.25) is 0 Å². The Balaban J connectivity index is 1.54. The number of aromatic nitrogens is 2. The molecule has 0 bridgehead atoms. The molecular formula is C20H27N3O5. The molecule has 0 radical (unpaired) electrons. The van der Waals surface area contributed by atoms with Crippen LogP contribution in [0.2, 0.25) is 0 Å². The van der Waals surface area contributed by atoms with Gasteiger partial charge in [-0.2, -0.15) is 4.98 Å². The summed E-state index contributed by atoms with van der Waals surface area (Å²) in [6, 6.07) is 3.92. The highest BCUT2D eigenvalue weighted by Gasteiger charge is 2.30. The van der Waals surface area contributed by atoms with Crippen molar-refractivity contribution in [3.63, 3.8) is 0 Å². The first-order valence-corrected chi connectivity index (χ1v) is 9.77. The van der Waals surface area contributed by atoms with Gasteiger partial charge in [0.2, 0.25) is 18.4 Å². The van der Waals surface area contributed by atoms with E-state index in [9.17, 15) is 0 Å². The largest absolute Gasteiger partial charge is 0.493 e. The molecule has 152 valence electrons. The number of nitrogens with zero attached hydrogens (tertiary/aromatic N) is 2. The number of ether oxygens (including phenoxy) is 4. The van der Waals surface area contributed by atoms with Crippen LogP contribution >= 0.6 is 0 Å². The molecule has 4 rings (SSSR count). The molecule has 0 spiro atoms. The third kappa shape index (κ3) is 3.93. The van der Waals surface area contributed by atoms with Gasteiger partial charge in [-0.25, -0.2) is 0 Å². The predicted molar refractivity (Wildman–Crippen MR) is 101 cm³/mol. The van der Waals surface area contributed by atoms with Crippen molar-refractivity contribution >= 4 is 0 Å². The van der Waals surface area contributed by atoms with E-state index in [1.54, 1.807) is 7.11 Å². The van der Waals surface area contributed by atoms with E-state index in [1.807, 2.05) is 12.1 Å². The van der Waals surface area contributed by atoms with Gasteiger partial charge in [0.05, 0.1) is 13.2 Å². The minimum absolute atomic E-state index is 0.0275. The van der Waals surface area contributed by atoms with Crippen LogP contribution in [0.4, 0.5) is 0 Å². The normalized spacial score (nSPS) is 17.9. The Morgan fingerprint density at radius 1 is 1.21 bits per heavy atom. The van der Waals surface area contributed by atoms with Gasteiger partial charge in [-0.05, 0) is 36.5 Å². The van der Waals surface area contributed by atoms with Gasteiger partial charge in [0.1, 0.15) is 0 Å². The van der Waals surface area contributed by atoms with Crippen molar-refractivity contribution in [1.29, 1.82) is 0 Å². The fourth-order valence-electron chi connectivity index (χ4n) is 3.63. The van der Waals surface area contributed by atoms with Crippen molar-refractivity contribution in [2.24, 2.45) is 5.92 Å². The van der Waals surface area contributed by atoms with Crippen LogP contribution in [0.3, 0.4) is 0 Å². The van der Waals surface area contributed by atoms with E-state index in [0.717, 1.165) is 37.4 Å². The monoisotopic (exact) mass is 389 g/mol. The van der Waals surface area contributed by atoms with E-state index >= 15 is 0 Å². The molecule has 1 unspecified atom stereocenters. The number of nitrogens with one attached hydrogen (secondary N) is 1. The maximum absolute atomic E-state index is 5.61. The van der Waals surface area contributed by atoms with Crippen LogP contribution in [0.25, 0.3) is 0 Å². The van der Waals surface area contributed by atoms with Crippen LogP contribution in [-0.4, -0.2) is 37.3 Å². The molecule has 2 aliphatic heterocycles. The molecule has 0 aliphatic carbocycles. The topological polar surface area (TPSA) is 87.9 Å². The van der Waals surface area contributed by atoms with Crippen LogP contribution in [0, 0.1) is 5.92 Å². The molecule has 1 aromatic carbocycles. The van der Waals surface area contributed by atoms with E-state index in [4.69, 9.17) is 23.5 Å². The first kappa shape index (κ1) is 19.0. The highest BCUT2D eigenvalue weighted by Crippen LogP contribution is 2.42. The van der Waals surface area contributed by atoms with Crippen LogP contribution in [-0.2, 0) is 11.3 Å². The molecule has 28 heavy (non-hydrogen) atoms. The molecule has 3 heterocycles. The Kier molecular flexibility index (Phi) is 5.68. The number of fused-ring (bicyclic) bond motifs is 1. The average Bonchev–Trinajstić information content (AvgIpc) is 3.38. The lowest BCUT2D eigenvalue weighted by Gasteiger charge is -2.28. The third-order valence-corrected chi connectivity index (χ3v) is 5.22. The molecule has 2 aliphatic rings. The first-order valence-electron chi connectivity index (χ1n) is 9.77. The third-order valence-electron chi connectivity index (χ3n) is 5.22. The Labute approximate surface area is 164 Å². The van der Waals surface area contributed by atoms with Crippen LogP contribution in [0.1, 0.15) is 55.9 Å². The number of hydrogen-bond acceptors (Lipinski definition) is 8. The summed E-state index contributed by atoms with van der Waals surface area (Å²) in [5, 5.41) is 7.76. The van der Waals surface area contributed by atoms with Crippen LogP contribution < -0.4 is 19.5 Å². The lowest BCUT2D eigenvalue weighted by molar-refractivity contribution is 0.0485. The van der Waals surface area contributed by atoms with Gasteiger partial charge in [0, 0.05) is 25.7 Å². The van der Waals surface area contributed by atoms with Crippen molar-refractivity contribution < 1.29 is 23.5 Å². The Morgan fingerprint density at radius 3 is 2.75 bits per heavy atom. The molecule has 2 aromatic rings. The van der Waals surface area contributed by atoms with Crippen molar-refractivity contribution in [3.8, 4) is 17.2 Å².